The van der Waals surface area contributed by atoms with Crippen molar-refractivity contribution >= 4 is 17.0 Å². The molecule has 1 N–H and O–H groups in total. The summed E-state index contributed by atoms with van der Waals surface area (Å²) in [5, 5.41) is 17.1. The fourth-order valence-corrected chi connectivity index (χ4v) is 1.78. The van der Waals surface area contributed by atoms with Crippen LogP contribution in [0.4, 0.5) is 0 Å². The van der Waals surface area contributed by atoms with E-state index in [1.54, 1.807) is 30.0 Å². The van der Waals surface area contributed by atoms with Crippen LogP contribution in [0, 0.1) is 0 Å². The van der Waals surface area contributed by atoms with Crippen LogP contribution in [-0.2, 0) is 11.3 Å². The number of rotatable bonds is 5. The Morgan fingerprint density at radius 3 is 3.00 bits per heavy atom. The van der Waals surface area contributed by atoms with Gasteiger partial charge < -0.3 is 9.84 Å². The summed E-state index contributed by atoms with van der Waals surface area (Å²) in [7, 11) is 1.65. The molecule has 6 nitrogen and oxygen atoms in total. The van der Waals surface area contributed by atoms with E-state index in [0.717, 1.165) is 6.42 Å². The molecule has 1 unspecified atom stereocenters. The van der Waals surface area contributed by atoms with E-state index in [-0.39, 0.29) is 11.7 Å². The van der Waals surface area contributed by atoms with Crippen LogP contribution in [0.5, 0.6) is 0 Å². The zero-order chi connectivity index (χ0) is 13.1. The normalized spacial score (nSPS) is 12.8. The number of aromatic carboxylic acids is 1. The van der Waals surface area contributed by atoms with Crippen molar-refractivity contribution < 1.29 is 14.6 Å². The lowest BCUT2D eigenvalue weighted by molar-refractivity contribution is 0.0698. The van der Waals surface area contributed by atoms with Crippen LogP contribution in [0.25, 0.3) is 11.0 Å². The fraction of sp³-hybridized carbons (Fsp3) is 0.417. The molecule has 18 heavy (non-hydrogen) atoms. The zero-order valence-corrected chi connectivity index (χ0v) is 10.3. The second-order valence-electron chi connectivity index (χ2n) is 4.13. The fourth-order valence-electron chi connectivity index (χ4n) is 1.78. The quantitative estimate of drug-likeness (QED) is 0.870. The van der Waals surface area contributed by atoms with Crippen LogP contribution in [-0.4, -0.2) is 39.3 Å². The third kappa shape index (κ3) is 2.33. The van der Waals surface area contributed by atoms with Crippen LogP contribution in [0.15, 0.2) is 18.2 Å². The molecule has 1 heterocycles. The first-order chi connectivity index (χ1) is 8.63. The molecule has 96 valence electrons. The highest BCUT2D eigenvalue weighted by Crippen LogP contribution is 2.17. The average Bonchev–Trinajstić information content (AvgIpc) is 2.78. The summed E-state index contributed by atoms with van der Waals surface area (Å²) < 4.78 is 6.78. The van der Waals surface area contributed by atoms with E-state index in [9.17, 15) is 4.79 Å². The number of aromatic nitrogens is 3. The molecule has 0 aliphatic heterocycles. The van der Waals surface area contributed by atoms with Crippen LogP contribution >= 0.6 is 0 Å². The van der Waals surface area contributed by atoms with Gasteiger partial charge in [0.05, 0.1) is 11.7 Å². The molecular weight excluding hydrogens is 234 g/mol. The minimum atomic E-state index is -0.969. The molecule has 2 aromatic rings. The lowest BCUT2D eigenvalue weighted by Gasteiger charge is -2.09. The lowest BCUT2D eigenvalue weighted by Crippen LogP contribution is -2.12. The van der Waals surface area contributed by atoms with E-state index in [1.807, 2.05) is 6.92 Å². The number of carbonyl (C=O) groups is 1. The maximum absolute atomic E-state index is 11.2. The number of para-hydroxylation sites is 1. The minimum absolute atomic E-state index is 0.0984. The molecule has 1 aromatic heterocycles. The summed E-state index contributed by atoms with van der Waals surface area (Å²) in [5.74, 6) is -0.969. The third-order valence-corrected chi connectivity index (χ3v) is 2.91. The Labute approximate surface area is 104 Å². The van der Waals surface area contributed by atoms with E-state index in [1.165, 1.54) is 0 Å². The van der Waals surface area contributed by atoms with Gasteiger partial charge in [0.25, 0.3) is 0 Å². The summed E-state index contributed by atoms with van der Waals surface area (Å²) in [6.07, 6.45) is 0.851. The van der Waals surface area contributed by atoms with Crippen LogP contribution < -0.4 is 0 Å². The topological polar surface area (TPSA) is 77.2 Å². The number of carboxylic acids is 1. The summed E-state index contributed by atoms with van der Waals surface area (Å²) in [6, 6.07) is 4.98. The molecule has 1 atom stereocenters. The molecule has 0 saturated heterocycles. The van der Waals surface area contributed by atoms with E-state index < -0.39 is 5.97 Å². The first-order valence-electron chi connectivity index (χ1n) is 5.71. The molecule has 1 aromatic carbocycles. The van der Waals surface area contributed by atoms with Gasteiger partial charge in [-0.05, 0) is 25.5 Å². The smallest absolute Gasteiger partial charge is 0.337 e. The molecule has 0 saturated carbocycles. The second kappa shape index (κ2) is 5.14. The predicted molar refractivity (Wildman–Crippen MR) is 65.6 cm³/mol. The molecular formula is C12H15N3O3. The summed E-state index contributed by atoms with van der Waals surface area (Å²) in [4.78, 5) is 11.2. The maximum Gasteiger partial charge on any atom is 0.337 e. The van der Waals surface area contributed by atoms with Crippen molar-refractivity contribution in [1.29, 1.82) is 0 Å². The Kier molecular flexibility index (Phi) is 3.57. The van der Waals surface area contributed by atoms with Gasteiger partial charge in [0.1, 0.15) is 11.0 Å². The summed E-state index contributed by atoms with van der Waals surface area (Å²) >= 11 is 0. The SMILES string of the molecule is COC(C)CCn1nnc2cccc(C(=O)O)c21. The highest BCUT2D eigenvalue weighted by atomic mass is 16.5. The van der Waals surface area contributed by atoms with Crippen molar-refractivity contribution in [1.82, 2.24) is 15.0 Å². The van der Waals surface area contributed by atoms with Crippen molar-refractivity contribution in [2.24, 2.45) is 0 Å². The van der Waals surface area contributed by atoms with E-state index in [4.69, 9.17) is 9.84 Å². The zero-order valence-electron chi connectivity index (χ0n) is 10.3. The largest absolute Gasteiger partial charge is 0.478 e. The highest BCUT2D eigenvalue weighted by molar-refractivity contribution is 6.00. The molecule has 0 fully saturated rings. The van der Waals surface area contributed by atoms with Crippen molar-refractivity contribution in [2.75, 3.05) is 7.11 Å². The van der Waals surface area contributed by atoms with Gasteiger partial charge >= 0.3 is 5.97 Å². The van der Waals surface area contributed by atoms with Gasteiger partial charge in [-0.1, -0.05) is 11.3 Å². The Bertz CT molecular complexity index is 565. The van der Waals surface area contributed by atoms with Gasteiger partial charge in [0.2, 0.25) is 0 Å². The maximum atomic E-state index is 11.2. The number of ether oxygens (including phenoxy) is 1. The van der Waals surface area contributed by atoms with Gasteiger partial charge in [-0.15, -0.1) is 5.10 Å². The summed E-state index contributed by atoms with van der Waals surface area (Å²) in [6.45, 7) is 2.53. The van der Waals surface area contributed by atoms with Gasteiger partial charge in [-0.3, -0.25) is 0 Å². The Morgan fingerprint density at radius 1 is 1.56 bits per heavy atom. The van der Waals surface area contributed by atoms with Crippen molar-refractivity contribution in [2.45, 2.75) is 26.0 Å². The monoisotopic (exact) mass is 249 g/mol. The number of carboxylic acid groups (broad SMARTS) is 1. The van der Waals surface area contributed by atoms with E-state index >= 15 is 0 Å². The van der Waals surface area contributed by atoms with Gasteiger partial charge in [0.15, 0.2) is 0 Å². The lowest BCUT2D eigenvalue weighted by atomic mass is 10.2. The number of fused-ring (bicyclic) bond motifs is 1. The van der Waals surface area contributed by atoms with Crippen molar-refractivity contribution in [3.05, 3.63) is 23.8 Å². The molecule has 0 aliphatic rings. The number of aryl methyl sites for hydroxylation is 1. The minimum Gasteiger partial charge on any atom is -0.478 e. The highest BCUT2D eigenvalue weighted by Gasteiger charge is 2.14. The molecule has 0 spiro atoms. The van der Waals surface area contributed by atoms with E-state index in [0.29, 0.717) is 17.6 Å². The number of hydrogen-bond acceptors (Lipinski definition) is 4. The molecule has 0 bridgehead atoms. The van der Waals surface area contributed by atoms with Crippen LogP contribution in [0.1, 0.15) is 23.7 Å². The van der Waals surface area contributed by atoms with Gasteiger partial charge in [-0.25, -0.2) is 9.48 Å². The standard InChI is InChI=1S/C12H15N3O3/c1-8(18-2)6-7-15-11-9(12(16)17)4-3-5-10(11)13-14-15/h3-5,8H,6-7H2,1-2H3,(H,16,17). The second-order valence-corrected chi connectivity index (χ2v) is 4.13. The Morgan fingerprint density at radius 2 is 2.33 bits per heavy atom. The van der Waals surface area contributed by atoms with Crippen LogP contribution in [0.2, 0.25) is 0 Å². The third-order valence-electron chi connectivity index (χ3n) is 2.91. The van der Waals surface area contributed by atoms with Crippen LogP contribution in [0.3, 0.4) is 0 Å². The molecule has 0 amide bonds. The molecule has 0 radical (unpaired) electrons. The number of nitrogens with zero attached hydrogens (tertiary/aromatic N) is 3. The van der Waals surface area contributed by atoms with Gasteiger partial charge in [-0.2, -0.15) is 0 Å². The Hall–Kier alpha value is -1.95. The number of hydrogen-bond donors (Lipinski definition) is 1. The van der Waals surface area contributed by atoms with Crippen molar-refractivity contribution in [3.8, 4) is 0 Å². The first kappa shape index (κ1) is 12.5. The van der Waals surface area contributed by atoms with Crippen molar-refractivity contribution in [3.63, 3.8) is 0 Å². The average molecular weight is 249 g/mol. The molecule has 6 heteroatoms. The number of benzene rings is 1. The Balaban J connectivity index is 2.36. The van der Waals surface area contributed by atoms with E-state index in [2.05, 4.69) is 10.3 Å². The van der Waals surface area contributed by atoms with Gasteiger partial charge in [0, 0.05) is 13.7 Å². The predicted octanol–water partition coefficient (Wildman–Crippen LogP) is 1.55. The summed E-state index contributed by atoms with van der Waals surface area (Å²) in [5.41, 5.74) is 1.39. The molecule has 2 rings (SSSR count). The molecule has 0 aliphatic carbocycles. The number of methoxy groups -OCH3 is 1. The first-order valence-corrected chi connectivity index (χ1v) is 5.71.